The molecule has 21 heavy (non-hydrogen) atoms. The number of hydrogen-bond acceptors (Lipinski definition) is 2. The summed E-state index contributed by atoms with van der Waals surface area (Å²) in [6, 6.07) is 10.2. The van der Waals surface area contributed by atoms with Crippen molar-refractivity contribution in [2.75, 3.05) is 6.54 Å². The van der Waals surface area contributed by atoms with Crippen LogP contribution in [0, 0.1) is 5.41 Å². The maximum atomic E-state index is 11.9. The Kier molecular flexibility index (Phi) is 8.06. The molecule has 118 valence electrons. The molecule has 3 N–H and O–H groups in total. The van der Waals surface area contributed by atoms with E-state index in [1.807, 2.05) is 18.2 Å². The topological polar surface area (TPSA) is 63.3 Å². The summed E-state index contributed by atoms with van der Waals surface area (Å²) >= 11 is 0. The molecule has 1 aromatic carbocycles. The van der Waals surface area contributed by atoms with Gasteiger partial charge in [0.25, 0.3) is 0 Å². The highest BCUT2D eigenvalue weighted by Gasteiger charge is 2.36. The van der Waals surface area contributed by atoms with Crippen LogP contribution in [0.1, 0.15) is 57.4 Å². The molecule has 0 aliphatic rings. The van der Waals surface area contributed by atoms with Gasteiger partial charge in [-0.1, -0.05) is 56.5 Å². The molecule has 1 aromatic rings. The summed E-state index contributed by atoms with van der Waals surface area (Å²) in [5.74, 6) is -0.635. The molecule has 1 unspecified atom stereocenters. The number of aliphatic carboxylic acids is 1. The van der Waals surface area contributed by atoms with Gasteiger partial charge in [0.2, 0.25) is 0 Å². The first-order chi connectivity index (χ1) is 10.1. The minimum Gasteiger partial charge on any atom is -0.481 e. The van der Waals surface area contributed by atoms with Gasteiger partial charge in [-0.15, -0.1) is 0 Å². The molecular formula is C18H29NO2. The lowest BCUT2D eigenvalue weighted by Crippen LogP contribution is -2.32. The van der Waals surface area contributed by atoms with E-state index in [9.17, 15) is 9.90 Å². The van der Waals surface area contributed by atoms with Gasteiger partial charge in [0.05, 0.1) is 5.41 Å². The fourth-order valence-electron chi connectivity index (χ4n) is 2.85. The van der Waals surface area contributed by atoms with Crippen molar-refractivity contribution in [3.8, 4) is 0 Å². The van der Waals surface area contributed by atoms with E-state index in [1.54, 1.807) is 0 Å². The summed E-state index contributed by atoms with van der Waals surface area (Å²) in [5.41, 5.74) is 6.19. The highest BCUT2D eigenvalue weighted by atomic mass is 16.4. The fourth-order valence-corrected chi connectivity index (χ4v) is 2.85. The summed E-state index contributed by atoms with van der Waals surface area (Å²) < 4.78 is 0. The Morgan fingerprint density at radius 2 is 1.76 bits per heavy atom. The molecule has 3 heteroatoms. The van der Waals surface area contributed by atoms with Crippen LogP contribution in [0.5, 0.6) is 0 Å². The highest BCUT2D eigenvalue weighted by molar-refractivity contribution is 5.74. The van der Waals surface area contributed by atoms with Crippen LogP contribution in [0.3, 0.4) is 0 Å². The first-order valence-electron chi connectivity index (χ1n) is 8.12. The number of unbranched alkanes of at least 4 members (excludes halogenated alkanes) is 2. The Morgan fingerprint density at radius 3 is 2.33 bits per heavy atom. The van der Waals surface area contributed by atoms with Gasteiger partial charge in [-0.25, -0.2) is 0 Å². The van der Waals surface area contributed by atoms with E-state index >= 15 is 0 Å². The maximum absolute atomic E-state index is 11.9. The molecule has 0 spiro atoms. The van der Waals surface area contributed by atoms with Crippen molar-refractivity contribution in [3.63, 3.8) is 0 Å². The number of carboxylic acids is 1. The molecule has 0 aliphatic heterocycles. The Labute approximate surface area is 128 Å². The molecule has 1 atom stereocenters. The van der Waals surface area contributed by atoms with E-state index < -0.39 is 11.4 Å². The number of carboxylic acid groups (broad SMARTS) is 1. The lowest BCUT2D eigenvalue weighted by Gasteiger charge is -2.30. The largest absolute Gasteiger partial charge is 0.481 e. The van der Waals surface area contributed by atoms with Gasteiger partial charge in [0.1, 0.15) is 0 Å². The number of nitrogens with two attached hydrogens (primary N) is 1. The molecular weight excluding hydrogens is 262 g/mol. The molecule has 0 heterocycles. The summed E-state index contributed by atoms with van der Waals surface area (Å²) in [4.78, 5) is 11.9. The van der Waals surface area contributed by atoms with E-state index in [-0.39, 0.29) is 0 Å². The maximum Gasteiger partial charge on any atom is 0.309 e. The zero-order valence-electron chi connectivity index (χ0n) is 13.2. The minimum atomic E-state index is -0.635. The van der Waals surface area contributed by atoms with Crippen molar-refractivity contribution in [3.05, 3.63) is 35.9 Å². The van der Waals surface area contributed by atoms with Crippen molar-refractivity contribution in [2.24, 2.45) is 11.1 Å². The van der Waals surface area contributed by atoms with E-state index in [4.69, 9.17) is 5.73 Å². The normalized spacial score (nSPS) is 13.8. The van der Waals surface area contributed by atoms with Crippen molar-refractivity contribution in [1.29, 1.82) is 0 Å². The van der Waals surface area contributed by atoms with Crippen molar-refractivity contribution < 1.29 is 9.90 Å². The van der Waals surface area contributed by atoms with Crippen LogP contribution in [0.25, 0.3) is 0 Å². The number of benzene rings is 1. The van der Waals surface area contributed by atoms with E-state index in [2.05, 4.69) is 19.1 Å². The molecule has 0 amide bonds. The summed E-state index contributed by atoms with van der Waals surface area (Å²) in [7, 11) is 0. The van der Waals surface area contributed by atoms with Gasteiger partial charge in [0.15, 0.2) is 0 Å². The SMILES string of the molecule is CCCCC(CCCCN)(CCc1ccccc1)C(=O)O. The highest BCUT2D eigenvalue weighted by Crippen LogP contribution is 2.36. The second-order valence-electron chi connectivity index (χ2n) is 5.92. The van der Waals surface area contributed by atoms with Crippen LogP contribution < -0.4 is 5.73 Å². The Bertz CT molecular complexity index is 405. The Morgan fingerprint density at radius 1 is 1.10 bits per heavy atom. The van der Waals surface area contributed by atoms with Crippen LogP contribution >= 0.6 is 0 Å². The predicted molar refractivity (Wildman–Crippen MR) is 87.3 cm³/mol. The second kappa shape index (κ2) is 9.56. The van der Waals surface area contributed by atoms with Crippen molar-refractivity contribution in [1.82, 2.24) is 0 Å². The van der Waals surface area contributed by atoms with Crippen LogP contribution in [0.4, 0.5) is 0 Å². The summed E-state index contributed by atoms with van der Waals surface area (Å²) in [6.07, 6.45) is 6.90. The third kappa shape index (κ3) is 5.88. The lowest BCUT2D eigenvalue weighted by atomic mass is 9.74. The van der Waals surface area contributed by atoms with Gasteiger partial charge in [0, 0.05) is 0 Å². The van der Waals surface area contributed by atoms with Gasteiger partial charge >= 0.3 is 5.97 Å². The summed E-state index contributed by atoms with van der Waals surface area (Å²) in [6.45, 7) is 2.76. The lowest BCUT2D eigenvalue weighted by molar-refractivity contribution is -0.150. The average molecular weight is 291 g/mol. The van der Waals surface area contributed by atoms with Gasteiger partial charge in [-0.05, 0) is 44.2 Å². The molecule has 0 bridgehead atoms. The molecule has 0 saturated carbocycles. The third-order valence-corrected chi connectivity index (χ3v) is 4.31. The molecule has 1 rings (SSSR count). The molecule has 3 nitrogen and oxygen atoms in total. The minimum absolute atomic E-state index is 0.582. The smallest absolute Gasteiger partial charge is 0.309 e. The van der Waals surface area contributed by atoms with E-state index in [1.165, 1.54) is 5.56 Å². The number of aryl methyl sites for hydroxylation is 1. The van der Waals surface area contributed by atoms with Crippen molar-refractivity contribution >= 4 is 5.97 Å². The standard InChI is InChI=1S/C18H29NO2/c1-2-3-12-18(17(20)21,13-7-8-15-19)14-11-16-9-5-4-6-10-16/h4-6,9-10H,2-3,7-8,11-15,19H2,1H3,(H,20,21). The second-order valence-corrected chi connectivity index (χ2v) is 5.92. The van der Waals surface area contributed by atoms with E-state index in [0.29, 0.717) is 6.54 Å². The van der Waals surface area contributed by atoms with Crippen LogP contribution in [-0.2, 0) is 11.2 Å². The molecule has 0 aromatic heterocycles. The molecule has 0 saturated heterocycles. The Balaban J connectivity index is 2.74. The number of hydrogen-bond donors (Lipinski definition) is 2. The van der Waals surface area contributed by atoms with Crippen LogP contribution in [-0.4, -0.2) is 17.6 Å². The van der Waals surface area contributed by atoms with Gasteiger partial charge < -0.3 is 10.8 Å². The van der Waals surface area contributed by atoms with Gasteiger partial charge in [-0.2, -0.15) is 0 Å². The monoisotopic (exact) mass is 291 g/mol. The first-order valence-corrected chi connectivity index (χ1v) is 8.12. The molecule has 0 aliphatic carbocycles. The van der Waals surface area contributed by atoms with Gasteiger partial charge in [-0.3, -0.25) is 4.79 Å². The molecule has 0 fully saturated rings. The zero-order chi connectivity index (χ0) is 15.6. The first kappa shape index (κ1) is 17.7. The van der Waals surface area contributed by atoms with Crippen LogP contribution in [0.15, 0.2) is 30.3 Å². The molecule has 0 radical (unpaired) electrons. The van der Waals surface area contributed by atoms with Crippen LogP contribution in [0.2, 0.25) is 0 Å². The Hall–Kier alpha value is -1.35. The predicted octanol–water partition coefficient (Wildman–Crippen LogP) is 4.01. The summed E-state index contributed by atoms with van der Waals surface area (Å²) in [5, 5.41) is 9.80. The average Bonchev–Trinajstić information content (AvgIpc) is 2.50. The van der Waals surface area contributed by atoms with E-state index in [0.717, 1.165) is 51.4 Å². The van der Waals surface area contributed by atoms with Crippen molar-refractivity contribution in [2.45, 2.75) is 58.3 Å². The number of carbonyl (C=O) groups is 1. The quantitative estimate of drug-likeness (QED) is 0.605. The third-order valence-electron chi connectivity index (χ3n) is 4.31. The zero-order valence-corrected chi connectivity index (χ0v) is 13.2. The number of rotatable bonds is 11. The fraction of sp³-hybridized carbons (Fsp3) is 0.611.